The highest BCUT2D eigenvalue weighted by atomic mass is 16.4. The molecule has 1 fully saturated rings. The molecule has 1 aliphatic heterocycles. The van der Waals surface area contributed by atoms with Gasteiger partial charge in [0, 0.05) is 25.5 Å². The van der Waals surface area contributed by atoms with E-state index in [9.17, 15) is 9.59 Å². The Morgan fingerprint density at radius 1 is 1.33 bits per heavy atom. The lowest BCUT2D eigenvalue weighted by atomic mass is 10.1. The van der Waals surface area contributed by atoms with Crippen molar-refractivity contribution in [2.45, 2.75) is 6.42 Å². The van der Waals surface area contributed by atoms with E-state index >= 15 is 0 Å². The second-order valence-electron chi connectivity index (χ2n) is 4.96. The molecule has 3 heterocycles. The molecule has 1 atom stereocenters. The lowest BCUT2D eigenvalue weighted by molar-refractivity contribution is -0.141. The van der Waals surface area contributed by atoms with Crippen molar-refractivity contribution < 1.29 is 14.7 Å². The van der Waals surface area contributed by atoms with E-state index in [0.717, 1.165) is 5.69 Å². The maximum Gasteiger partial charge on any atom is 0.308 e. The first-order valence-electron chi connectivity index (χ1n) is 6.62. The van der Waals surface area contributed by atoms with Crippen LogP contribution in [0.1, 0.15) is 16.8 Å². The SMILES string of the molecule is O=C(O)C1CCN(C(=O)c2cnn(-c3cccnc3)c2)C1. The van der Waals surface area contributed by atoms with Crippen LogP contribution in [0.2, 0.25) is 0 Å². The van der Waals surface area contributed by atoms with Crippen molar-refractivity contribution in [3.63, 3.8) is 0 Å². The first kappa shape index (κ1) is 13.3. The summed E-state index contributed by atoms with van der Waals surface area (Å²) >= 11 is 0. The normalized spacial score (nSPS) is 17.9. The van der Waals surface area contributed by atoms with Crippen molar-refractivity contribution in [2.75, 3.05) is 13.1 Å². The Bertz CT molecular complexity index is 668. The van der Waals surface area contributed by atoms with E-state index in [1.165, 1.54) is 6.20 Å². The molecule has 108 valence electrons. The minimum absolute atomic E-state index is 0.186. The summed E-state index contributed by atoms with van der Waals surface area (Å²) in [7, 11) is 0. The Balaban J connectivity index is 1.75. The quantitative estimate of drug-likeness (QED) is 0.902. The summed E-state index contributed by atoms with van der Waals surface area (Å²) in [5, 5.41) is 13.1. The van der Waals surface area contributed by atoms with Gasteiger partial charge < -0.3 is 10.0 Å². The van der Waals surface area contributed by atoms with E-state index in [1.54, 1.807) is 34.2 Å². The van der Waals surface area contributed by atoms with E-state index in [4.69, 9.17) is 5.11 Å². The second kappa shape index (κ2) is 5.35. The molecule has 1 amide bonds. The summed E-state index contributed by atoms with van der Waals surface area (Å²) < 4.78 is 1.57. The molecule has 7 nitrogen and oxygen atoms in total. The summed E-state index contributed by atoms with van der Waals surface area (Å²) in [6, 6.07) is 3.63. The molecule has 1 aliphatic rings. The molecule has 3 rings (SSSR count). The minimum Gasteiger partial charge on any atom is -0.481 e. The van der Waals surface area contributed by atoms with E-state index in [1.807, 2.05) is 6.07 Å². The fraction of sp³-hybridized carbons (Fsp3) is 0.286. The smallest absolute Gasteiger partial charge is 0.308 e. The van der Waals surface area contributed by atoms with E-state index < -0.39 is 11.9 Å². The van der Waals surface area contributed by atoms with Crippen molar-refractivity contribution in [1.29, 1.82) is 0 Å². The molecule has 0 spiro atoms. The number of carboxylic acid groups (broad SMARTS) is 1. The molecule has 1 saturated heterocycles. The highest BCUT2D eigenvalue weighted by Gasteiger charge is 2.31. The zero-order chi connectivity index (χ0) is 14.8. The number of likely N-dealkylation sites (tertiary alicyclic amines) is 1. The summed E-state index contributed by atoms with van der Waals surface area (Å²) in [6.07, 6.45) is 6.93. The maximum absolute atomic E-state index is 12.3. The summed E-state index contributed by atoms with van der Waals surface area (Å²) in [4.78, 5) is 28.8. The number of hydrogen-bond acceptors (Lipinski definition) is 4. The first-order valence-corrected chi connectivity index (χ1v) is 6.62. The molecule has 0 radical (unpaired) electrons. The van der Waals surface area contributed by atoms with Crippen LogP contribution < -0.4 is 0 Å². The van der Waals surface area contributed by atoms with Gasteiger partial charge in [-0.15, -0.1) is 0 Å². The van der Waals surface area contributed by atoms with Gasteiger partial charge in [0.15, 0.2) is 0 Å². The molecule has 2 aromatic heterocycles. The van der Waals surface area contributed by atoms with E-state index in [-0.39, 0.29) is 12.5 Å². The highest BCUT2D eigenvalue weighted by Crippen LogP contribution is 2.19. The van der Waals surface area contributed by atoms with Crippen molar-refractivity contribution in [3.05, 3.63) is 42.5 Å². The Morgan fingerprint density at radius 3 is 2.86 bits per heavy atom. The molecule has 7 heteroatoms. The largest absolute Gasteiger partial charge is 0.481 e. The minimum atomic E-state index is -0.851. The number of hydrogen-bond donors (Lipinski definition) is 1. The van der Waals surface area contributed by atoms with Crippen LogP contribution in [0, 0.1) is 5.92 Å². The molecule has 0 aromatic carbocycles. The average Bonchev–Trinajstić information content (AvgIpc) is 3.17. The topological polar surface area (TPSA) is 88.3 Å². The molecule has 0 saturated carbocycles. The van der Waals surface area contributed by atoms with Crippen LogP contribution >= 0.6 is 0 Å². The Morgan fingerprint density at radius 2 is 2.19 bits per heavy atom. The number of pyridine rings is 1. The first-order chi connectivity index (χ1) is 10.1. The second-order valence-corrected chi connectivity index (χ2v) is 4.96. The number of carbonyl (C=O) groups is 2. The summed E-state index contributed by atoms with van der Waals surface area (Å²) in [6.45, 7) is 0.722. The average molecular weight is 286 g/mol. The van der Waals surface area contributed by atoms with Gasteiger partial charge >= 0.3 is 5.97 Å². The molecule has 1 unspecified atom stereocenters. The number of amides is 1. The number of carbonyl (C=O) groups excluding carboxylic acids is 1. The fourth-order valence-electron chi connectivity index (χ4n) is 2.39. The third-order valence-electron chi connectivity index (χ3n) is 3.56. The van der Waals surface area contributed by atoms with Gasteiger partial charge in [0.25, 0.3) is 5.91 Å². The van der Waals surface area contributed by atoms with Crippen LogP contribution in [0.25, 0.3) is 5.69 Å². The van der Waals surface area contributed by atoms with Crippen LogP contribution in [-0.2, 0) is 4.79 Å². The molecule has 2 aromatic rings. The van der Waals surface area contributed by atoms with Crippen LogP contribution in [-0.4, -0.2) is 49.7 Å². The van der Waals surface area contributed by atoms with Gasteiger partial charge in [-0.25, -0.2) is 4.68 Å². The molecule has 21 heavy (non-hydrogen) atoms. The van der Waals surface area contributed by atoms with Gasteiger partial charge in [0.05, 0.1) is 29.6 Å². The van der Waals surface area contributed by atoms with Crippen LogP contribution in [0.15, 0.2) is 36.9 Å². The standard InChI is InChI=1S/C14H14N4O3/c19-13(17-5-3-10(8-17)14(20)21)11-6-16-18(9-11)12-2-1-4-15-7-12/h1-2,4,6-7,9-10H,3,5,8H2,(H,20,21). The number of aromatic nitrogens is 3. The molecule has 0 bridgehead atoms. The fourth-order valence-corrected chi connectivity index (χ4v) is 2.39. The predicted molar refractivity (Wildman–Crippen MR) is 73.0 cm³/mol. The van der Waals surface area contributed by atoms with Crippen LogP contribution in [0.4, 0.5) is 0 Å². The van der Waals surface area contributed by atoms with Crippen molar-refractivity contribution in [1.82, 2.24) is 19.7 Å². The van der Waals surface area contributed by atoms with Gasteiger partial charge in [0.1, 0.15) is 0 Å². The monoisotopic (exact) mass is 286 g/mol. The van der Waals surface area contributed by atoms with Gasteiger partial charge in [0.2, 0.25) is 0 Å². The van der Waals surface area contributed by atoms with E-state index in [0.29, 0.717) is 18.5 Å². The summed E-state index contributed by atoms with van der Waals surface area (Å²) in [5.41, 5.74) is 1.21. The Labute approximate surface area is 120 Å². The number of aliphatic carboxylic acids is 1. The van der Waals surface area contributed by atoms with Gasteiger partial charge in [-0.3, -0.25) is 14.6 Å². The molecular formula is C14H14N4O3. The third-order valence-corrected chi connectivity index (χ3v) is 3.56. The highest BCUT2D eigenvalue weighted by molar-refractivity contribution is 5.94. The summed E-state index contributed by atoms with van der Waals surface area (Å²) in [5.74, 6) is -1.51. The van der Waals surface area contributed by atoms with Crippen molar-refractivity contribution in [2.24, 2.45) is 5.92 Å². The Kier molecular flexibility index (Phi) is 3.39. The van der Waals surface area contributed by atoms with Crippen molar-refractivity contribution >= 4 is 11.9 Å². The molecule has 1 N–H and O–H groups in total. The van der Waals surface area contributed by atoms with E-state index in [2.05, 4.69) is 10.1 Å². The van der Waals surface area contributed by atoms with Crippen molar-refractivity contribution in [3.8, 4) is 5.69 Å². The van der Waals surface area contributed by atoms with Crippen LogP contribution in [0.3, 0.4) is 0 Å². The number of rotatable bonds is 3. The molecular weight excluding hydrogens is 272 g/mol. The number of carboxylic acids is 1. The Hall–Kier alpha value is -2.70. The van der Waals surface area contributed by atoms with Gasteiger partial charge in [-0.1, -0.05) is 0 Å². The number of nitrogens with zero attached hydrogens (tertiary/aromatic N) is 4. The van der Waals surface area contributed by atoms with Gasteiger partial charge in [-0.2, -0.15) is 5.10 Å². The zero-order valence-electron chi connectivity index (χ0n) is 11.2. The van der Waals surface area contributed by atoms with Gasteiger partial charge in [-0.05, 0) is 18.6 Å². The third kappa shape index (κ3) is 2.62. The zero-order valence-corrected chi connectivity index (χ0v) is 11.2. The lowest BCUT2D eigenvalue weighted by Gasteiger charge is -2.14. The predicted octanol–water partition coefficient (Wildman–Crippen LogP) is 0.814. The van der Waals surface area contributed by atoms with Crippen LogP contribution in [0.5, 0.6) is 0 Å². The molecule has 0 aliphatic carbocycles. The maximum atomic E-state index is 12.3. The lowest BCUT2D eigenvalue weighted by Crippen LogP contribution is -2.29.